The van der Waals surface area contributed by atoms with Gasteiger partial charge in [0.05, 0.1) is 71.8 Å². The lowest BCUT2D eigenvalue weighted by Gasteiger charge is -2.17. The molecular weight excluding hydrogens is 1910 g/mol. The first-order chi connectivity index (χ1) is 65.8. The Morgan fingerprint density at radius 2 is 0.617 bits per heavy atom. The molecule has 0 spiro atoms. The summed E-state index contributed by atoms with van der Waals surface area (Å²) in [5, 5.41) is 11.7. The van der Waals surface area contributed by atoms with Crippen LogP contribution in [0.25, 0.3) is 66.8 Å². The molecule has 3 atom stereocenters. The van der Waals surface area contributed by atoms with Crippen molar-refractivity contribution in [3.63, 3.8) is 0 Å². The third-order valence-corrected chi connectivity index (χ3v) is 23.1. The Kier molecular flexibility index (Phi) is 29.7. The highest BCUT2D eigenvalue weighted by Gasteiger charge is 2.44. The second kappa shape index (κ2) is 40.4. The molecule has 0 saturated carbocycles. The minimum atomic E-state index is -5.09. The molecule has 738 valence electrons. The summed E-state index contributed by atoms with van der Waals surface area (Å²) in [5.41, 5.74) is -0.0702. The largest absolute Gasteiger partial charge is 0.496 e. The lowest BCUT2D eigenvalue weighted by atomic mass is 9.90. The highest BCUT2D eigenvalue weighted by molar-refractivity contribution is 5.98. The number of aromatic nitrogens is 4. The molecule has 0 fully saturated rings. The molecule has 0 aliphatic carbocycles. The van der Waals surface area contributed by atoms with Gasteiger partial charge in [-0.2, -0.15) is 105 Å². The number of rotatable bonds is 21. The van der Waals surface area contributed by atoms with Crippen LogP contribution in [0.5, 0.6) is 17.5 Å². The number of methoxy groups -OCH3 is 3. The average molecular weight is 1990 g/mol. The molecule has 16 nitrogen and oxygen atoms in total. The SMILES string of the molecule is COc1ccc(-c2ccc(C(C)=O)cc2C)cc1-c1cnc(C(F)(F)F)cc1CC1=NO[C@H](c2cc(C(F)(F)F)cc(C(F)(F)F)c2)C1.COc1ncc(-c2ccc(C(C)=O)cc2C)cc1-c1ccc(C(F)(F)F)cc1CC1=NO[C@H](c2cc(C)cc(C(F)(F)F)c2)C1.COc1ncc(-c2ccc(C(C)=O)cc2C)cc1-c1cnc(C(F)(F)F)cc1CC1=NO[C@H](c2cc(C(F)(F)F)cc(C(F)(F)F)c2)C1. The molecule has 0 bridgehead atoms. The number of Topliss-reactive ketones (excluding diaryl/α,β-unsaturated/α-hetero) is 3. The monoisotopic (exact) mass is 1990 g/mol. The van der Waals surface area contributed by atoms with Gasteiger partial charge in [-0.3, -0.25) is 24.4 Å². The third kappa shape index (κ3) is 24.5. The molecule has 0 unspecified atom stereocenters. The molecule has 4 aromatic heterocycles. The summed E-state index contributed by atoms with van der Waals surface area (Å²) < 4.78 is 342. The van der Waals surface area contributed by atoms with Crippen LogP contribution < -0.4 is 14.2 Å². The molecule has 12 aromatic rings. The number of alkyl halides is 24. The zero-order valence-electron chi connectivity index (χ0n) is 75.3. The molecule has 0 amide bonds. The van der Waals surface area contributed by atoms with E-state index in [0.29, 0.717) is 91.2 Å². The van der Waals surface area contributed by atoms with E-state index < -0.39 is 124 Å². The van der Waals surface area contributed by atoms with Gasteiger partial charge in [-0.25, -0.2) is 9.97 Å². The molecule has 3 aliphatic rings. The van der Waals surface area contributed by atoms with Crippen molar-refractivity contribution in [2.24, 2.45) is 15.5 Å². The van der Waals surface area contributed by atoms with E-state index in [2.05, 4.69) is 35.4 Å². The molecule has 7 heterocycles. The quantitative estimate of drug-likeness (QED) is 0.0487. The molecule has 15 rings (SSSR count). The molecule has 3 aliphatic heterocycles. The number of benzene rings is 8. The highest BCUT2D eigenvalue weighted by Crippen LogP contribution is 2.49. The van der Waals surface area contributed by atoms with Gasteiger partial charge in [-0.1, -0.05) is 75.6 Å². The van der Waals surface area contributed by atoms with Gasteiger partial charge in [0.1, 0.15) is 17.1 Å². The standard InChI is InChI=1S/C34H25F9N2O3.C34H28F6N2O3.C33H24F9N3O3/c1-17-8-19(18(2)46)4-6-26(17)20-5-7-29(47-3)27(12-20)28-16-44-31(34(41,42)43)13-21(28)11-25-15-30(48-45-25)22-9-23(32(35,36)37)14-24(10-22)33(38,39)40;1-18-9-23(13-26(10-18)34(38,39)40)31-16-27(42-45-31)14-22-12-25(33(35,36)37)6-8-29(22)30-15-24(17-41-32(30)44-4)28-7-5-21(20(3)43)11-19(28)2;1-16-6-18(17(2)46)4-5-25(16)21-10-26(30(47-3)44-14-21)27-15-43-29(33(40,41)42)11-19(27)9-24-13-28(48-45-24)20-7-22(31(34,35)36)12-23(8-20)32(37,38)39/h4-10,12-14,16,30H,11,15H2,1-3H3;5-13,15,17,31H,14,16H2,1-4H3;4-8,10-12,14-15,28H,9,13H2,1-3H3/t30-;31-;28-/m000/s1. The van der Waals surface area contributed by atoms with Crippen molar-refractivity contribution in [3.05, 3.63) is 312 Å². The van der Waals surface area contributed by atoms with Crippen molar-refractivity contribution in [3.8, 4) is 84.3 Å². The summed E-state index contributed by atoms with van der Waals surface area (Å²) in [6.45, 7) is 11.3. The van der Waals surface area contributed by atoms with Crippen molar-refractivity contribution >= 4 is 34.5 Å². The van der Waals surface area contributed by atoms with Crippen LogP contribution in [0.15, 0.2) is 210 Å². The molecule has 141 heavy (non-hydrogen) atoms. The number of oxime groups is 3. The van der Waals surface area contributed by atoms with Crippen LogP contribution in [0.4, 0.5) is 105 Å². The van der Waals surface area contributed by atoms with Crippen LogP contribution in [0, 0.1) is 27.7 Å². The Labute approximate surface area is 787 Å². The number of nitrogens with zero attached hydrogens (tertiary/aromatic N) is 7. The summed E-state index contributed by atoms with van der Waals surface area (Å²) in [6.07, 6.45) is -38.9. The molecule has 8 aromatic carbocycles. The molecule has 0 saturated heterocycles. The Balaban J connectivity index is 0.000000178. The maximum atomic E-state index is 13.8. The first-order valence-electron chi connectivity index (χ1n) is 42.2. The Bertz CT molecular complexity index is 6590. The Hall–Kier alpha value is -14.5. The van der Waals surface area contributed by atoms with Crippen LogP contribution in [0.3, 0.4) is 0 Å². The van der Waals surface area contributed by atoms with E-state index in [1.54, 1.807) is 118 Å². The number of pyridine rings is 4. The maximum Gasteiger partial charge on any atom is 0.433 e. The molecular formula is C101H77F24N7O9. The topological polar surface area (TPSA) is 195 Å². The van der Waals surface area contributed by atoms with Gasteiger partial charge in [-0.15, -0.1) is 0 Å². The van der Waals surface area contributed by atoms with Crippen molar-refractivity contribution in [2.75, 3.05) is 21.3 Å². The first-order valence-corrected chi connectivity index (χ1v) is 42.2. The van der Waals surface area contributed by atoms with Gasteiger partial charge in [-0.05, 0) is 242 Å². The predicted octanol–water partition coefficient (Wildman–Crippen LogP) is 28.8. The van der Waals surface area contributed by atoms with Crippen molar-refractivity contribution in [1.29, 1.82) is 0 Å². The van der Waals surface area contributed by atoms with Crippen LogP contribution in [0.2, 0.25) is 0 Å². The summed E-state index contributed by atoms with van der Waals surface area (Å²) in [7, 11) is 4.07. The maximum absolute atomic E-state index is 13.8. The minimum Gasteiger partial charge on any atom is -0.496 e. The van der Waals surface area contributed by atoms with Crippen LogP contribution in [-0.2, 0) is 83.2 Å². The van der Waals surface area contributed by atoms with E-state index in [9.17, 15) is 120 Å². The number of ketones is 3. The molecule has 0 radical (unpaired) electrons. The van der Waals surface area contributed by atoms with E-state index in [0.717, 1.165) is 76.6 Å². The van der Waals surface area contributed by atoms with Gasteiger partial charge in [0.25, 0.3) is 0 Å². The number of halogens is 24. The summed E-state index contributed by atoms with van der Waals surface area (Å²) >= 11 is 0. The van der Waals surface area contributed by atoms with Crippen LogP contribution in [-0.4, -0.2) is 75.8 Å². The summed E-state index contributed by atoms with van der Waals surface area (Å²) in [6, 6.07) is 34.3. The smallest absolute Gasteiger partial charge is 0.433 e. The summed E-state index contributed by atoms with van der Waals surface area (Å²) in [5.74, 6) is 0.136. The number of hydrogen-bond donors (Lipinski definition) is 0. The number of carbonyl (C=O) groups is 3. The van der Waals surface area contributed by atoms with Gasteiger partial charge in [0.2, 0.25) is 11.8 Å². The van der Waals surface area contributed by atoms with Crippen molar-refractivity contribution in [1.82, 2.24) is 19.9 Å². The third-order valence-electron chi connectivity index (χ3n) is 23.1. The number of aryl methyl sites for hydroxylation is 4. The normalized spacial score (nSPS) is 15.2. The zero-order valence-corrected chi connectivity index (χ0v) is 75.3. The van der Waals surface area contributed by atoms with E-state index in [4.69, 9.17) is 28.7 Å². The predicted molar refractivity (Wildman–Crippen MR) is 470 cm³/mol. The molecule has 0 N–H and O–H groups in total. The first kappa shape index (κ1) is 104. The van der Waals surface area contributed by atoms with E-state index in [1.807, 2.05) is 6.92 Å². The lowest BCUT2D eigenvalue weighted by Crippen LogP contribution is -2.13. The lowest BCUT2D eigenvalue weighted by molar-refractivity contribution is -0.144. The van der Waals surface area contributed by atoms with Crippen molar-refractivity contribution < 1.29 is 148 Å². The fraction of sp³-hybridized carbons (Fsp3) is 0.267. The van der Waals surface area contributed by atoms with E-state index in [-0.39, 0.29) is 136 Å². The molecule has 40 heteroatoms. The van der Waals surface area contributed by atoms with Crippen LogP contribution in [0.1, 0.15) is 190 Å². The Morgan fingerprint density at radius 3 is 0.950 bits per heavy atom. The van der Waals surface area contributed by atoms with Gasteiger partial charge < -0.3 is 28.7 Å². The number of ether oxygens (including phenoxy) is 3. The average Bonchev–Trinajstić information content (AvgIpc) is 1.77. The summed E-state index contributed by atoms with van der Waals surface area (Å²) in [4.78, 5) is 67.4. The van der Waals surface area contributed by atoms with E-state index >= 15 is 0 Å². The zero-order chi connectivity index (χ0) is 103. The van der Waals surface area contributed by atoms with Gasteiger partial charge in [0, 0.05) is 119 Å². The fourth-order valence-corrected chi connectivity index (χ4v) is 16.2. The van der Waals surface area contributed by atoms with Gasteiger partial charge in [0.15, 0.2) is 35.7 Å². The number of hydrogen-bond acceptors (Lipinski definition) is 16. The van der Waals surface area contributed by atoms with E-state index in [1.165, 1.54) is 54.4 Å². The second-order valence-corrected chi connectivity index (χ2v) is 33.3. The van der Waals surface area contributed by atoms with Crippen LogP contribution >= 0.6 is 0 Å². The highest BCUT2D eigenvalue weighted by atomic mass is 19.4. The number of carbonyl (C=O) groups excluding carboxylic acids is 3. The van der Waals surface area contributed by atoms with Gasteiger partial charge >= 0.3 is 49.4 Å². The minimum absolute atomic E-state index is 0.0111. The fourth-order valence-electron chi connectivity index (χ4n) is 16.2. The Morgan fingerprint density at radius 1 is 0.298 bits per heavy atom. The second-order valence-electron chi connectivity index (χ2n) is 33.3. The van der Waals surface area contributed by atoms with Crippen molar-refractivity contribution in [2.45, 2.75) is 155 Å².